The van der Waals surface area contributed by atoms with Gasteiger partial charge in [0.25, 0.3) is 5.91 Å². The molecule has 0 saturated carbocycles. The van der Waals surface area contributed by atoms with Gasteiger partial charge in [0.2, 0.25) is 0 Å². The Kier molecular flexibility index (Phi) is 5.95. The monoisotopic (exact) mass is 387 g/mol. The number of carbonyl (C=O) groups is 1. The minimum atomic E-state index is -0.488. The molecular formula is C14H14BrNO3S2. The summed E-state index contributed by atoms with van der Waals surface area (Å²) in [5, 5.41) is 0. The van der Waals surface area contributed by atoms with Crippen LogP contribution in [0, 0.1) is 0 Å². The van der Waals surface area contributed by atoms with Crippen molar-refractivity contribution in [2.45, 2.75) is 6.29 Å². The number of benzene rings is 1. The molecule has 1 aliphatic heterocycles. The van der Waals surface area contributed by atoms with Gasteiger partial charge in [-0.2, -0.15) is 0 Å². The Balaban J connectivity index is 2.17. The van der Waals surface area contributed by atoms with Gasteiger partial charge in [-0.05, 0) is 23.8 Å². The molecule has 0 radical (unpaired) electrons. The van der Waals surface area contributed by atoms with Crippen LogP contribution in [0.2, 0.25) is 0 Å². The molecule has 0 unspecified atom stereocenters. The lowest BCUT2D eigenvalue weighted by molar-refractivity contribution is -0.133. The summed E-state index contributed by atoms with van der Waals surface area (Å²) in [5.74, 6) is -0.121. The van der Waals surface area contributed by atoms with Gasteiger partial charge < -0.3 is 9.47 Å². The zero-order valence-electron chi connectivity index (χ0n) is 11.5. The summed E-state index contributed by atoms with van der Waals surface area (Å²) in [6.45, 7) is 0.285. The number of methoxy groups -OCH3 is 2. The van der Waals surface area contributed by atoms with Gasteiger partial charge in [-0.1, -0.05) is 52.0 Å². The van der Waals surface area contributed by atoms with Crippen molar-refractivity contribution in [3.63, 3.8) is 0 Å². The summed E-state index contributed by atoms with van der Waals surface area (Å²) in [7, 11) is 3.06. The molecule has 4 nitrogen and oxygen atoms in total. The van der Waals surface area contributed by atoms with Crippen LogP contribution >= 0.6 is 39.9 Å². The number of carbonyl (C=O) groups excluding carboxylic acids is 1. The molecule has 0 aromatic heterocycles. The Hall–Kier alpha value is -0.730. The summed E-state index contributed by atoms with van der Waals surface area (Å²) in [6, 6.07) is 7.73. The van der Waals surface area contributed by atoms with E-state index in [9.17, 15) is 4.79 Å². The van der Waals surface area contributed by atoms with Crippen molar-refractivity contribution >= 4 is 56.2 Å². The third-order valence-electron chi connectivity index (χ3n) is 2.88. The van der Waals surface area contributed by atoms with Crippen molar-refractivity contribution in [3.05, 3.63) is 39.2 Å². The van der Waals surface area contributed by atoms with E-state index in [1.165, 1.54) is 30.9 Å². The number of rotatable bonds is 5. The summed E-state index contributed by atoms with van der Waals surface area (Å²) in [4.78, 5) is 14.5. The maximum Gasteiger partial charge on any atom is 0.266 e. The summed E-state index contributed by atoms with van der Waals surface area (Å²) < 4.78 is 11.7. The molecule has 0 aliphatic carbocycles. The maximum absolute atomic E-state index is 12.4. The predicted octanol–water partition coefficient (Wildman–Crippen LogP) is 3.27. The number of ether oxygens (including phenoxy) is 2. The van der Waals surface area contributed by atoms with Gasteiger partial charge in [-0.15, -0.1) is 0 Å². The summed E-state index contributed by atoms with van der Waals surface area (Å²) >= 11 is 9.96. The second-order valence-electron chi connectivity index (χ2n) is 4.25. The highest BCUT2D eigenvalue weighted by Gasteiger charge is 2.33. The smallest absolute Gasteiger partial charge is 0.266 e. The molecule has 2 rings (SSSR count). The average Bonchev–Trinajstić information content (AvgIpc) is 2.71. The highest BCUT2D eigenvalue weighted by atomic mass is 79.9. The molecule has 0 spiro atoms. The molecule has 112 valence electrons. The molecule has 1 saturated heterocycles. The number of nitrogens with zero attached hydrogens (tertiary/aromatic N) is 1. The summed E-state index contributed by atoms with van der Waals surface area (Å²) in [6.07, 6.45) is 1.34. The van der Waals surface area contributed by atoms with E-state index < -0.39 is 6.29 Å². The van der Waals surface area contributed by atoms with E-state index in [1.807, 2.05) is 30.3 Å². The van der Waals surface area contributed by atoms with E-state index in [0.29, 0.717) is 9.23 Å². The van der Waals surface area contributed by atoms with Crippen LogP contribution < -0.4 is 0 Å². The zero-order valence-corrected chi connectivity index (χ0v) is 14.8. The number of thiocarbonyl (C=S) groups is 1. The van der Waals surface area contributed by atoms with Gasteiger partial charge in [-0.3, -0.25) is 9.69 Å². The first-order chi connectivity index (χ1) is 10.0. The van der Waals surface area contributed by atoms with Crippen LogP contribution in [-0.4, -0.2) is 42.2 Å². The topological polar surface area (TPSA) is 38.8 Å². The number of hydrogen-bond acceptors (Lipinski definition) is 5. The lowest BCUT2D eigenvalue weighted by Crippen LogP contribution is -2.37. The molecule has 0 bridgehead atoms. The lowest BCUT2D eigenvalue weighted by Gasteiger charge is -2.20. The Labute approximate surface area is 141 Å². The van der Waals surface area contributed by atoms with E-state index >= 15 is 0 Å². The Morgan fingerprint density at radius 3 is 2.76 bits per heavy atom. The summed E-state index contributed by atoms with van der Waals surface area (Å²) in [5.41, 5.74) is 0.944. The van der Waals surface area contributed by atoms with Crippen molar-refractivity contribution in [2.24, 2.45) is 0 Å². The van der Waals surface area contributed by atoms with Crippen molar-refractivity contribution < 1.29 is 14.3 Å². The first-order valence-corrected chi connectivity index (χ1v) is 8.13. The van der Waals surface area contributed by atoms with Gasteiger partial charge in [0.05, 0.1) is 11.4 Å². The lowest BCUT2D eigenvalue weighted by atomic mass is 10.2. The fourth-order valence-electron chi connectivity index (χ4n) is 1.80. The quantitative estimate of drug-likeness (QED) is 0.440. The van der Waals surface area contributed by atoms with Crippen LogP contribution in [0.5, 0.6) is 0 Å². The SMILES string of the molecule is COC(CN1C(=O)/C(=C\c2cccc(Br)c2)SC1=S)OC. The first-order valence-electron chi connectivity index (χ1n) is 6.11. The standard InChI is InChI=1S/C14H14BrNO3S2/c1-18-12(19-2)8-16-13(17)11(21-14(16)20)7-9-4-3-5-10(15)6-9/h3-7,12H,8H2,1-2H3/b11-7+. The molecule has 0 atom stereocenters. The number of amides is 1. The molecule has 1 aliphatic rings. The minimum Gasteiger partial charge on any atom is -0.354 e. The minimum absolute atomic E-state index is 0.121. The van der Waals surface area contributed by atoms with E-state index in [2.05, 4.69) is 15.9 Å². The normalized spacial score (nSPS) is 17.3. The van der Waals surface area contributed by atoms with Crippen molar-refractivity contribution in [1.29, 1.82) is 0 Å². The van der Waals surface area contributed by atoms with E-state index in [1.54, 1.807) is 0 Å². The number of hydrogen-bond donors (Lipinski definition) is 0. The number of halogens is 1. The van der Waals surface area contributed by atoms with Crippen molar-refractivity contribution in [2.75, 3.05) is 20.8 Å². The van der Waals surface area contributed by atoms with E-state index in [4.69, 9.17) is 21.7 Å². The average molecular weight is 388 g/mol. The Bertz CT molecular complexity index is 587. The van der Waals surface area contributed by atoms with E-state index in [0.717, 1.165) is 10.0 Å². The molecule has 0 N–H and O–H groups in total. The van der Waals surface area contributed by atoms with Gasteiger partial charge in [0, 0.05) is 18.7 Å². The van der Waals surface area contributed by atoms with Crippen molar-refractivity contribution in [1.82, 2.24) is 4.90 Å². The second kappa shape index (κ2) is 7.51. The molecule has 1 fully saturated rings. The van der Waals surface area contributed by atoms with Crippen LogP contribution in [0.1, 0.15) is 5.56 Å². The number of thioether (sulfide) groups is 1. The van der Waals surface area contributed by atoms with E-state index in [-0.39, 0.29) is 12.5 Å². The Morgan fingerprint density at radius 2 is 2.14 bits per heavy atom. The van der Waals surface area contributed by atoms with Gasteiger partial charge in [0.15, 0.2) is 6.29 Å². The highest BCUT2D eigenvalue weighted by molar-refractivity contribution is 9.10. The van der Waals surface area contributed by atoms with Crippen LogP contribution in [0.3, 0.4) is 0 Å². The molecular weight excluding hydrogens is 374 g/mol. The largest absolute Gasteiger partial charge is 0.354 e. The maximum atomic E-state index is 12.4. The molecule has 1 aromatic carbocycles. The second-order valence-corrected chi connectivity index (χ2v) is 6.84. The van der Waals surface area contributed by atoms with Gasteiger partial charge in [-0.25, -0.2) is 0 Å². The van der Waals surface area contributed by atoms with Gasteiger partial charge >= 0.3 is 0 Å². The van der Waals surface area contributed by atoms with Crippen LogP contribution in [0.15, 0.2) is 33.6 Å². The Morgan fingerprint density at radius 1 is 1.43 bits per heavy atom. The van der Waals surface area contributed by atoms with Crippen molar-refractivity contribution in [3.8, 4) is 0 Å². The highest BCUT2D eigenvalue weighted by Crippen LogP contribution is 2.33. The molecule has 1 heterocycles. The molecule has 21 heavy (non-hydrogen) atoms. The van der Waals surface area contributed by atoms with Crippen LogP contribution in [0.25, 0.3) is 6.08 Å². The zero-order chi connectivity index (χ0) is 15.4. The van der Waals surface area contributed by atoms with Crippen LogP contribution in [0.4, 0.5) is 0 Å². The first kappa shape index (κ1) is 16.6. The molecule has 1 aromatic rings. The van der Waals surface area contributed by atoms with Crippen LogP contribution in [-0.2, 0) is 14.3 Å². The third kappa shape index (κ3) is 4.14. The molecule has 7 heteroatoms. The fourth-order valence-corrected chi connectivity index (χ4v) is 3.49. The molecule has 1 amide bonds. The van der Waals surface area contributed by atoms with Gasteiger partial charge in [0.1, 0.15) is 4.32 Å². The third-order valence-corrected chi connectivity index (χ3v) is 4.75. The predicted molar refractivity (Wildman–Crippen MR) is 91.8 cm³/mol. The fraction of sp³-hybridized carbons (Fsp3) is 0.286.